The van der Waals surface area contributed by atoms with Gasteiger partial charge in [0, 0.05) is 21.5 Å². The van der Waals surface area contributed by atoms with Crippen molar-refractivity contribution in [1.29, 1.82) is 0 Å². The minimum Gasteiger partial charge on any atom is -0.495 e. The van der Waals surface area contributed by atoms with Crippen molar-refractivity contribution in [3.63, 3.8) is 0 Å². The van der Waals surface area contributed by atoms with Gasteiger partial charge in [0.2, 0.25) is 0 Å². The Morgan fingerprint density at radius 1 is 1.14 bits per heavy atom. The molecule has 4 heteroatoms. The maximum absolute atomic E-state index is 13.3. The Labute approximate surface area is 84.9 Å². The van der Waals surface area contributed by atoms with E-state index in [0.717, 1.165) is 10.1 Å². The average molecular weight is 212 g/mol. The molecule has 0 spiro atoms. The summed E-state index contributed by atoms with van der Waals surface area (Å²) in [7, 11) is 3.03. The molecule has 1 aromatic carbocycles. The van der Waals surface area contributed by atoms with Crippen molar-refractivity contribution >= 4 is 21.4 Å². The van der Waals surface area contributed by atoms with Crippen LogP contribution in [0, 0.1) is 5.82 Å². The van der Waals surface area contributed by atoms with Crippen molar-refractivity contribution in [2.45, 2.75) is 0 Å². The Morgan fingerprint density at radius 3 is 2.50 bits per heavy atom. The highest BCUT2D eigenvalue weighted by Crippen LogP contribution is 2.35. The first kappa shape index (κ1) is 9.27. The Morgan fingerprint density at radius 2 is 1.86 bits per heavy atom. The summed E-state index contributed by atoms with van der Waals surface area (Å²) in [6.07, 6.45) is 0. The molecule has 0 unspecified atom stereocenters. The van der Waals surface area contributed by atoms with E-state index in [-0.39, 0.29) is 11.6 Å². The molecular formula is C10H9FO2S. The molecule has 74 valence electrons. The molecule has 0 aliphatic carbocycles. The van der Waals surface area contributed by atoms with E-state index in [1.165, 1.54) is 24.5 Å². The van der Waals surface area contributed by atoms with Crippen molar-refractivity contribution in [2.24, 2.45) is 0 Å². The number of thiophene rings is 1. The molecule has 2 rings (SSSR count). The summed E-state index contributed by atoms with van der Waals surface area (Å²) in [6, 6.07) is 3.11. The van der Waals surface area contributed by atoms with Gasteiger partial charge in [-0.2, -0.15) is 0 Å². The maximum Gasteiger partial charge on any atom is 0.165 e. The lowest BCUT2D eigenvalue weighted by molar-refractivity contribution is 0.387. The molecule has 2 nitrogen and oxygen atoms in total. The number of ether oxygens (including phenoxy) is 2. The molecule has 0 saturated heterocycles. The SMILES string of the molecule is COc1cc2scc(OC)c2cc1F. The van der Waals surface area contributed by atoms with Gasteiger partial charge in [0.05, 0.1) is 14.2 Å². The predicted molar refractivity (Wildman–Crippen MR) is 54.9 cm³/mol. The molecule has 0 amide bonds. The Balaban J connectivity index is 2.69. The number of halogens is 1. The lowest BCUT2D eigenvalue weighted by Gasteiger charge is -2.02. The first-order chi connectivity index (χ1) is 6.76. The third-order valence-electron chi connectivity index (χ3n) is 2.03. The molecule has 0 aliphatic heterocycles. The highest BCUT2D eigenvalue weighted by molar-refractivity contribution is 7.17. The second kappa shape index (κ2) is 3.46. The van der Waals surface area contributed by atoms with Crippen molar-refractivity contribution in [2.75, 3.05) is 14.2 Å². The van der Waals surface area contributed by atoms with Crippen LogP contribution in [0.5, 0.6) is 11.5 Å². The van der Waals surface area contributed by atoms with Gasteiger partial charge in [-0.25, -0.2) is 4.39 Å². The van der Waals surface area contributed by atoms with Crippen LogP contribution >= 0.6 is 11.3 Å². The summed E-state index contributed by atoms with van der Waals surface area (Å²) in [5.74, 6) is 0.602. The molecule has 0 saturated carbocycles. The standard InChI is InChI=1S/C10H9FO2S/c1-12-8-4-10-6(3-7(8)11)9(13-2)5-14-10/h3-5H,1-2H3. The van der Waals surface area contributed by atoms with Gasteiger partial charge in [0.15, 0.2) is 11.6 Å². The van der Waals surface area contributed by atoms with E-state index in [1.807, 2.05) is 5.38 Å². The van der Waals surface area contributed by atoms with Crippen LogP contribution in [0.2, 0.25) is 0 Å². The minimum absolute atomic E-state index is 0.266. The maximum atomic E-state index is 13.3. The topological polar surface area (TPSA) is 18.5 Å². The zero-order valence-corrected chi connectivity index (χ0v) is 8.65. The van der Waals surface area contributed by atoms with E-state index in [4.69, 9.17) is 9.47 Å². The molecule has 0 radical (unpaired) electrons. The smallest absolute Gasteiger partial charge is 0.165 e. The molecular weight excluding hydrogens is 203 g/mol. The molecule has 1 aromatic heterocycles. The Hall–Kier alpha value is -1.29. The summed E-state index contributed by atoms with van der Waals surface area (Å²) < 4.78 is 24.3. The normalized spacial score (nSPS) is 10.5. The molecule has 0 fully saturated rings. The van der Waals surface area contributed by atoms with E-state index >= 15 is 0 Å². The fourth-order valence-corrected chi connectivity index (χ4v) is 2.24. The van der Waals surface area contributed by atoms with E-state index in [0.29, 0.717) is 5.75 Å². The van der Waals surface area contributed by atoms with Crippen LogP contribution in [-0.4, -0.2) is 14.2 Å². The van der Waals surface area contributed by atoms with Gasteiger partial charge < -0.3 is 9.47 Å². The minimum atomic E-state index is -0.364. The van der Waals surface area contributed by atoms with Crippen LogP contribution in [0.4, 0.5) is 4.39 Å². The Kier molecular flexibility index (Phi) is 2.29. The molecule has 0 N–H and O–H groups in total. The van der Waals surface area contributed by atoms with E-state index in [1.54, 1.807) is 13.2 Å². The van der Waals surface area contributed by atoms with Gasteiger partial charge >= 0.3 is 0 Å². The van der Waals surface area contributed by atoms with Crippen LogP contribution in [0.3, 0.4) is 0 Å². The van der Waals surface area contributed by atoms with Gasteiger partial charge in [-0.05, 0) is 6.07 Å². The molecule has 0 bridgehead atoms. The zero-order valence-electron chi connectivity index (χ0n) is 7.83. The average Bonchev–Trinajstić information content (AvgIpc) is 2.58. The molecule has 2 aromatic rings. The van der Waals surface area contributed by atoms with Crippen molar-refractivity contribution in [3.05, 3.63) is 23.3 Å². The fourth-order valence-electron chi connectivity index (χ4n) is 1.32. The molecule has 0 aliphatic rings. The zero-order chi connectivity index (χ0) is 10.1. The third-order valence-corrected chi connectivity index (χ3v) is 2.96. The van der Waals surface area contributed by atoms with Crippen molar-refractivity contribution < 1.29 is 13.9 Å². The number of rotatable bonds is 2. The quantitative estimate of drug-likeness (QED) is 0.761. The van der Waals surface area contributed by atoms with E-state index < -0.39 is 0 Å². The fraction of sp³-hybridized carbons (Fsp3) is 0.200. The lowest BCUT2D eigenvalue weighted by Crippen LogP contribution is -1.87. The van der Waals surface area contributed by atoms with Crippen molar-refractivity contribution in [1.82, 2.24) is 0 Å². The van der Waals surface area contributed by atoms with E-state index in [9.17, 15) is 4.39 Å². The summed E-state index contributed by atoms with van der Waals surface area (Å²) >= 11 is 1.51. The van der Waals surface area contributed by atoms with Crippen LogP contribution in [0.25, 0.3) is 10.1 Å². The van der Waals surface area contributed by atoms with Crippen LogP contribution in [0.15, 0.2) is 17.5 Å². The summed E-state index contributed by atoms with van der Waals surface area (Å²) in [5.41, 5.74) is 0. The van der Waals surface area contributed by atoms with Gasteiger partial charge in [-0.1, -0.05) is 0 Å². The molecule has 0 atom stereocenters. The van der Waals surface area contributed by atoms with Gasteiger partial charge in [-0.15, -0.1) is 11.3 Å². The van der Waals surface area contributed by atoms with E-state index in [2.05, 4.69) is 0 Å². The number of methoxy groups -OCH3 is 2. The summed E-state index contributed by atoms with van der Waals surface area (Å²) in [5, 5.41) is 2.64. The Bertz CT molecular complexity index is 464. The number of fused-ring (bicyclic) bond motifs is 1. The second-order valence-corrected chi connectivity index (χ2v) is 3.70. The lowest BCUT2D eigenvalue weighted by atomic mass is 10.2. The van der Waals surface area contributed by atoms with Crippen LogP contribution < -0.4 is 9.47 Å². The first-order valence-corrected chi connectivity index (χ1v) is 4.93. The third kappa shape index (κ3) is 1.32. The molecule has 14 heavy (non-hydrogen) atoms. The number of hydrogen-bond donors (Lipinski definition) is 0. The van der Waals surface area contributed by atoms with Crippen molar-refractivity contribution in [3.8, 4) is 11.5 Å². The number of benzene rings is 1. The first-order valence-electron chi connectivity index (χ1n) is 4.05. The monoisotopic (exact) mass is 212 g/mol. The van der Waals surface area contributed by atoms with Crippen LogP contribution in [0.1, 0.15) is 0 Å². The molecule has 1 heterocycles. The largest absolute Gasteiger partial charge is 0.495 e. The summed E-state index contributed by atoms with van der Waals surface area (Å²) in [6.45, 7) is 0. The van der Waals surface area contributed by atoms with Gasteiger partial charge in [0.25, 0.3) is 0 Å². The highest BCUT2D eigenvalue weighted by atomic mass is 32.1. The number of hydrogen-bond acceptors (Lipinski definition) is 3. The second-order valence-electron chi connectivity index (χ2n) is 2.79. The summed E-state index contributed by atoms with van der Waals surface area (Å²) in [4.78, 5) is 0. The predicted octanol–water partition coefficient (Wildman–Crippen LogP) is 3.06. The van der Waals surface area contributed by atoms with Gasteiger partial charge in [0.1, 0.15) is 5.75 Å². The highest BCUT2D eigenvalue weighted by Gasteiger charge is 2.09. The van der Waals surface area contributed by atoms with Crippen LogP contribution in [-0.2, 0) is 0 Å². The van der Waals surface area contributed by atoms with Gasteiger partial charge in [-0.3, -0.25) is 0 Å².